The molecule has 1 aromatic carbocycles. The van der Waals surface area contributed by atoms with E-state index in [1.165, 1.54) is 6.21 Å². The van der Waals surface area contributed by atoms with Gasteiger partial charge in [-0.15, -0.1) is 0 Å². The number of rotatable bonds is 1. The van der Waals surface area contributed by atoms with E-state index in [2.05, 4.69) is 15.9 Å². The molecule has 0 amide bonds. The summed E-state index contributed by atoms with van der Waals surface area (Å²) in [7, 11) is 0. The molecule has 0 aromatic heterocycles. The number of benzene rings is 1. The zero-order chi connectivity index (χ0) is 6.69. The Labute approximate surface area is 62.3 Å². The van der Waals surface area contributed by atoms with Crippen LogP contribution in [0.2, 0.25) is 0 Å². The SMILES string of the molecule is N=Cc1cccc(Br)c1. The van der Waals surface area contributed by atoms with Gasteiger partial charge < -0.3 is 5.41 Å². The Kier molecular flexibility index (Phi) is 2.01. The second kappa shape index (κ2) is 2.78. The lowest BCUT2D eigenvalue weighted by atomic mass is 10.2. The maximum absolute atomic E-state index is 6.89. The van der Waals surface area contributed by atoms with Crippen molar-refractivity contribution < 1.29 is 0 Å². The largest absolute Gasteiger partial charge is 0.308 e. The van der Waals surface area contributed by atoms with E-state index in [1.54, 1.807) is 0 Å². The Morgan fingerprint density at radius 3 is 2.67 bits per heavy atom. The first-order chi connectivity index (χ1) is 4.33. The lowest BCUT2D eigenvalue weighted by molar-refractivity contribution is 1.53. The smallest absolute Gasteiger partial charge is 0.0250 e. The monoisotopic (exact) mass is 183 g/mol. The molecule has 0 spiro atoms. The third-order valence-corrected chi connectivity index (χ3v) is 1.51. The Bertz CT molecular complexity index is 220. The fraction of sp³-hybridized carbons (Fsp3) is 0. The number of hydrogen-bond donors (Lipinski definition) is 1. The number of nitrogens with one attached hydrogen (secondary N) is 1. The van der Waals surface area contributed by atoms with Gasteiger partial charge in [0.1, 0.15) is 0 Å². The van der Waals surface area contributed by atoms with Crippen molar-refractivity contribution in [3.63, 3.8) is 0 Å². The van der Waals surface area contributed by atoms with E-state index in [-0.39, 0.29) is 0 Å². The average molecular weight is 184 g/mol. The van der Waals surface area contributed by atoms with Gasteiger partial charge in [0.2, 0.25) is 0 Å². The van der Waals surface area contributed by atoms with E-state index >= 15 is 0 Å². The summed E-state index contributed by atoms with van der Waals surface area (Å²) in [5.41, 5.74) is 0.921. The van der Waals surface area contributed by atoms with Gasteiger partial charge in [0.05, 0.1) is 0 Å². The molecule has 46 valence electrons. The van der Waals surface area contributed by atoms with Crippen LogP contribution in [0.3, 0.4) is 0 Å². The predicted octanol–water partition coefficient (Wildman–Crippen LogP) is 2.45. The molecule has 0 aliphatic heterocycles. The first kappa shape index (κ1) is 6.49. The maximum atomic E-state index is 6.89. The molecular weight excluding hydrogens is 178 g/mol. The van der Waals surface area contributed by atoms with Crippen molar-refractivity contribution in [2.45, 2.75) is 0 Å². The van der Waals surface area contributed by atoms with E-state index in [0.717, 1.165) is 10.0 Å². The first-order valence-corrected chi connectivity index (χ1v) is 3.38. The highest BCUT2D eigenvalue weighted by molar-refractivity contribution is 9.10. The lowest BCUT2D eigenvalue weighted by Crippen LogP contribution is -1.75. The van der Waals surface area contributed by atoms with Gasteiger partial charge >= 0.3 is 0 Å². The molecule has 0 saturated heterocycles. The van der Waals surface area contributed by atoms with E-state index in [9.17, 15) is 0 Å². The summed E-state index contributed by atoms with van der Waals surface area (Å²) < 4.78 is 1.02. The van der Waals surface area contributed by atoms with Crippen LogP contribution in [0.4, 0.5) is 0 Å². The van der Waals surface area contributed by atoms with E-state index in [1.807, 2.05) is 24.3 Å². The van der Waals surface area contributed by atoms with Gasteiger partial charge in [-0.25, -0.2) is 0 Å². The molecule has 2 heteroatoms. The predicted molar refractivity (Wildman–Crippen MR) is 42.0 cm³/mol. The minimum absolute atomic E-state index is 0.921. The fourth-order valence-corrected chi connectivity index (χ4v) is 1.01. The van der Waals surface area contributed by atoms with E-state index < -0.39 is 0 Å². The van der Waals surface area contributed by atoms with Crippen LogP contribution in [0.5, 0.6) is 0 Å². The number of halogens is 1. The van der Waals surface area contributed by atoms with Gasteiger partial charge in [0.15, 0.2) is 0 Å². The topological polar surface area (TPSA) is 23.9 Å². The molecule has 0 aliphatic rings. The van der Waals surface area contributed by atoms with Gasteiger partial charge in [-0.2, -0.15) is 0 Å². The summed E-state index contributed by atoms with van der Waals surface area (Å²) in [5, 5.41) is 6.89. The molecule has 0 atom stereocenters. The van der Waals surface area contributed by atoms with Crippen LogP contribution >= 0.6 is 15.9 Å². The minimum Gasteiger partial charge on any atom is -0.308 e. The molecule has 1 nitrogen and oxygen atoms in total. The third-order valence-electron chi connectivity index (χ3n) is 1.02. The van der Waals surface area contributed by atoms with Gasteiger partial charge in [-0.05, 0) is 17.7 Å². The van der Waals surface area contributed by atoms with Crippen molar-refractivity contribution in [3.8, 4) is 0 Å². The van der Waals surface area contributed by atoms with Crippen LogP contribution in [0, 0.1) is 5.41 Å². The molecule has 9 heavy (non-hydrogen) atoms. The van der Waals surface area contributed by atoms with Crippen molar-refractivity contribution >= 4 is 22.1 Å². The van der Waals surface area contributed by atoms with E-state index in [0.29, 0.717) is 0 Å². The van der Waals surface area contributed by atoms with Gasteiger partial charge in [0.25, 0.3) is 0 Å². The molecule has 0 heterocycles. The molecule has 0 aliphatic carbocycles. The highest BCUT2D eigenvalue weighted by Crippen LogP contribution is 2.09. The highest BCUT2D eigenvalue weighted by atomic mass is 79.9. The lowest BCUT2D eigenvalue weighted by Gasteiger charge is -1.89. The van der Waals surface area contributed by atoms with Crippen molar-refractivity contribution in [2.75, 3.05) is 0 Å². The summed E-state index contributed by atoms with van der Waals surface area (Å²) in [6.45, 7) is 0. The van der Waals surface area contributed by atoms with Crippen molar-refractivity contribution in [1.29, 1.82) is 5.41 Å². The molecule has 0 bridgehead atoms. The van der Waals surface area contributed by atoms with Gasteiger partial charge in [0, 0.05) is 10.7 Å². The summed E-state index contributed by atoms with van der Waals surface area (Å²) in [5.74, 6) is 0. The zero-order valence-electron chi connectivity index (χ0n) is 4.76. The Balaban J connectivity index is 3.07. The zero-order valence-corrected chi connectivity index (χ0v) is 6.35. The molecular formula is C7H6BrN. The van der Waals surface area contributed by atoms with Gasteiger partial charge in [-0.1, -0.05) is 28.1 Å². The maximum Gasteiger partial charge on any atom is 0.0250 e. The fourth-order valence-electron chi connectivity index (χ4n) is 0.596. The first-order valence-electron chi connectivity index (χ1n) is 2.59. The Hall–Kier alpha value is -0.630. The summed E-state index contributed by atoms with van der Waals surface area (Å²) in [6.07, 6.45) is 1.32. The van der Waals surface area contributed by atoms with Crippen LogP contribution < -0.4 is 0 Å². The normalized spacial score (nSPS) is 9.00. The standard InChI is InChI=1S/C7H6BrN/c8-7-3-1-2-6(4-7)5-9/h1-5,9H. The van der Waals surface area contributed by atoms with Crippen LogP contribution in [0.15, 0.2) is 28.7 Å². The third kappa shape index (κ3) is 1.64. The molecule has 0 saturated carbocycles. The van der Waals surface area contributed by atoms with Gasteiger partial charge in [-0.3, -0.25) is 0 Å². The summed E-state index contributed by atoms with van der Waals surface area (Å²) in [4.78, 5) is 0. The summed E-state index contributed by atoms with van der Waals surface area (Å²) >= 11 is 3.30. The van der Waals surface area contributed by atoms with E-state index in [4.69, 9.17) is 5.41 Å². The van der Waals surface area contributed by atoms with Crippen molar-refractivity contribution in [1.82, 2.24) is 0 Å². The molecule has 1 aromatic rings. The quantitative estimate of drug-likeness (QED) is 0.648. The molecule has 0 fully saturated rings. The average Bonchev–Trinajstić information content (AvgIpc) is 1.88. The number of hydrogen-bond acceptors (Lipinski definition) is 1. The van der Waals surface area contributed by atoms with Crippen molar-refractivity contribution in [2.24, 2.45) is 0 Å². The second-order valence-electron chi connectivity index (χ2n) is 1.70. The van der Waals surface area contributed by atoms with Crippen LogP contribution in [0.25, 0.3) is 0 Å². The molecule has 1 rings (SSSR count). The molecule has 1 N–H and O–H groups in total. The Morgan fingerprint density at radius 1 is 1.44 bits per heavy atom. The molecule has 0 unspecified atom stereocenters. The second-order valence-corrected chi connectivity index (χ2v) is 2.62. The van der Waals surface area contributed by atoms with Crippen molar-refractivity contribution in [3.05, 3.63) is 34.3 Å². The highest BCUT2D eigenvalue weighted by Gasteiger charge is 1.85. The van der Waals surface area contributed by atoms with Crippen LogP contribution in [-0.4, -0.2) is 6.21 Å². The van der Waals surface area contributed by atoms with Crippen LogP contribution in [0.1, 0.15) is 5.56 Å². The Morgan fingerprint density at radius 2 is 2.22 bits per heavy atom. The minimum atomic E-state index is 0.921. The summed E-state index contributed by atoms with van der Waals surface area (Å²) in [6, 6.07) is 7.63. The van der Waals surface area contributed by atoms with Crippen LogP contribution in [-0.2, 0) is 0 Å². The molecule has 0 radical (unpaired) electrons.